The highest BCUT2D eigenvalue weighted by atomic mass is 16.6. The van der Waals surface area contributed by atoms with E-state index in [1.165, 1.54) is 0 Å². The molecule has 0 heterocycles. The standard InChI is InChI=1S/C9H19NO4/c1-2-5-13-6-7-14-9(12)8(10)3-4-11/h8,11H,2-7,10H2,1H3. The molecule has 0 aliphatic heterocycles. The molecule has 0 saturated heterocycles. The molecular weight excluding hydrogens is 186 g/mol. The summed E-state index contributed by atoms with van der Waals surface area (Å²) in [7, 11) is 0. The quantitative estimate of drug-likeness (QED) is 0.418. The summed E-state index contributed by atoms with van der Waals surface area (Å²) in [5, 5.41) is 8.51. The number of aliphatic hydroxyl groups excluding tert-OH is 1. The average molecular weight is 205 g/mol. The fraction of sp³-hybridized carbons (Fsp3) is 0.889. The fourth-order valence-corrected chi connectivity index (χ4v) is 0.812. The van der Waals surface area contributed by atoms with E-state index in [-0.39, 0.29) is 19.6 Å². The summed E-state index contributed by atoms with van der Waals surface area (Å²) < 4.78 is 9.91. The number of hydrogen-bond donors (Lipinski definition) is 2. The Labute approximate surface area is 84.2 Å². The van der Waals surface area contributed by atoms with Gasteiger partial charge in [-0.2, -0.15) is 0 Å². The second kappa shape index (κ2) is 8.93. The molecule has 0 bridgehead atoms. The first-order valence-corrected chi connectivity index (χ1v) is 4.83. The van der Waals surface area contributed by atoms with E-state index in [1.54, 1.807) is 0 Å². The molecule has 0 fully saturated rings. The number of nitrogens with two attached hydrogens (primary N) is 1. The van der Waals surface area contributed by atoms with Crippen molar-refractivity contribution in [3.05, 3.63) is 0 Å². The number of rotatable bonds is 8. The van der Waals surface area contributed by atoms with E-state index in [2.05, 4.69) is 0 Å². The van der Waals surface area contributed by atoms with Crippen molar-refractivity contribution >= 4 is 5.97 Å². The van der Waals surface area contributed by atoms with E-state index in [1.807, 2.05) is 6.92 Å². The number of ether oxygens (including phenoxy) is 2. The van der Waals surface area contributed by atoms with Gasteiger partial charge in [0.05, 0.1) is 6.61 Å². The molecule has 0 radical (unpaired) electrons. The van der Waals surface area contributed by atoms with Gasteiger partial charge in [-0.1, -0.05) is 6.92 Å². The van der Waals surface area contributed by atoms with Crippen LogP contribution in [0.15, 0.2) is 0 Å². The van der Waals surface area contributed by atoms with Gasteiger partial charge in [-0.25, -0.2) is 0 Å². The molecule has 0 spiro atoms. The summed E-state index contributed by atoms with van der Waals surface area (Å²) >= 11 is 0. The summed E-state index contributed by atoms with van der Waals surface area (Å²) in [6, 6.07) is -0.730. The molecule has 0 saturated carbocycles. The molecular formula is C9H19NO4. The Bertz CT molecular complexity index is 152. The lowest BCUT2D eigenvalue weighted by atomic mass is 10.2. The third-order valence-electron chi connectivity index (χ3n) is 1.56. The highest BCUT2D eigenvalue weighted by Gasteiger charge is 2.13. The van der Waals surface area contributed by atoms with Crippen molar-refractivity contribution in [1.82, 2.24) is 0 Å². The zero-order valence-electron chi connectivity index (χ0n) is 8.57. The first-order chi connectivity index (χ1) is 6.72. The van der Waals surface area contributed by atoms with Crippen LogP contribution >= 0.6 is 0 Å². The van der Waals surface area contributed by atoms with Crippen molar-refractivity contribution in [1.29, 1.82) is 0 Å². The monoisotopic (exact) mass is 205 g/mol. The summed E-state index contributed by atoms with van der Waals surface area (Å²) in [4.78, 5) is 11.1. The topological polar surface area (TPSA) is 81.8 Å². The number of esters is 1. The van der Waals surface area contributed by atoms with Crippen LogP contribution in [0.1, 0.15) is 19.8 Å². The lowest BCUT2D eigenvalue weighted by molar-refractivity contribution is -0.147. The molecule has 84 valence electrons. The van der Waals surface area contributed by atoms with Crippen LogP contribution in [-0.4, -0.2) is 43.5 Å². The number of carbonyl (C=O) groups is 1. The minimum absolute atomic E-state index is 0.109. The van der Waals surface area contributed by atoms with Gasteiger partial charge < -0.3 is 20.3 Å². The van der Waals surface area contributed by atoms with E-state index < -0.39 is 12.0 Å². The smallest absolute Gasteiger partial charge is 0.323 e. The molecule has 0 aromatic rings. The molecule has 1 unspecified atom stereocenters. The zero-order chi connectivity index (χ0) is 10.8. The van der Waals surface area contributed by atoms with Crippen molar-refractivity contribution in [2.24, 2.45) is 5.73 Å². The molecule has 5 nitrogen and oxygen atoms in total. The van der Waals surface area contributed by atoms with Gasteiger partial charge in [-0.3, -0.25) is 4.79 Å². The second-order valence-electron chi connectivity index (χ2n) is 2.90. The van der Waals surface area contributed by atoms with Crippen LogP contribution in [0.3, 0.4) is 0 Å². The van der Waals surface area contributed by atoms with E-state index >= 15 is 0 Å². The summed E-state index contributed by atoms with van der Waals surface area (Å²) in [6.07, 6.45) is 1.17. The molecule has 5 heteroatoms. The van der Waals surface area contributed by atoms with Crippen molar-refractivity contribution < 1.29 is 19.4 Å². The third-order valence-corrected chi connectivity index (χ3v) is 1.56. The summed E-state index contributed by atoms with van der Waals surface area (Å²) in [5.41, 5.74) is 5.39. The normalized spacial score (nSPS) is 12.5. The predicted molar refractivity (Wildman–Crippen MR) is 51.7 cm³/mol. The SMILES string of the molecule is CCCOCCOC(=O)C(N)CCO. The minimum Gasteiger partial charge on any atom is -0.462 e. The van der Waals surface area contributed by atoms with E-state index in [0.717, 1.165) is 6.42 Å². The van der Waals surface area contributed by atoms with Crippen molar-refractivity contribution in [3.63, 3.8) is 0 Å². The highest BCUT2D eigenvalue weighted by Crippen LogP contribution is 1.91. The summed E-state index contributed by atoms with van der Waals surface area (Å²) in [5.74, 6) is -0.487. The van der Waals surface area contributed by atoms with Crippen molar-refractivity contribution in [2.75, 3.05) is 26.4 Å². The van der Waals surface area contributed by atoms with E-state index in [0.29, 0.717) is 13.2 Å². The lowest BCUT2D eigenvalue weighted by Gasteiger charge is -2.09. The molecule has 0 amide bonds. The molecule has 3 N–H and O–H groups in total. The van der Waals surface area contributed by atoms with E-state index in [4.69, 9.17) is 20.3 Å². The van der Waals surface area contributed by atoms with Gasteiger partial charge in [-0.15, -0.1) is 0 Å². The van der Waals surface area contributed by atoms with Crippen LogP contribution in [0.4, 0.5) is 0 Å². The third kappa shape index (κ3) is 6.82. The van der Waals surface area contributed by atoms with E-state index in [9.17, 15) is 4.79 Å². The molecule has 0 aromatic heterocycles. The van der Waals surface area contributed by atoms with Gasteiger partial charge >= 0.3 is 5.97 Å². The molecule has 14 heavy (non-hydrogen) atoms. The molecule has 1 atom stereocenters. The number of aliphatic hydroxyl groups is 1. The Morgan fingerprint density at radius 3 is 2.71 bits per heavy atom. The fourth-order valence-electron chi connectivity index (χ4n) is 0.812. The van der Waals surface area contributed by atoms with Crippen LogP contribution in [0, 0.1) is 0 Å². The van der Waals surface area contributed by atoms with Crippen LogP contribution in [-0.2, 0) is 14.3 Å². The number of carbonyl (C=O) groups excluding carboxylic acids is 1. The Hall–Kier alpha value is -0.650. The Morgan fingerprint density at radius 2 is 2.14 bits per heavy atom. The van der Waals surface area contributed by atoms with Crippen molar-refractivity contribution in [3.8, 4) is 0 Å². The largest absolute Gasteiger partial charge is 0.462 e. The second-order valence-corrected chi connectivity index (χ2v) is 2.90. The van der Waals surface area contributed by atoms with Gasteiger partial charge in [0.15, 0.2) is 0 Å². The Morgan fingerprint density at radius 1 is 1.43 bits per heavy atom. The van der Waals surface area contributed by atoms with Crippen molar-refractivity contribution in [2.45, 2.75) is 25.8 Å². The Balaban J connectivity index is 3.34. The minimum atomic E-state index is -0.730. The maximum atomic E-state index is 11.1. The predicted octanol–water partition coefficient (Wildman–Crippen LogP) is -0.334. The maximum absolute atomic E-state index is 11.1. The van der Waals surface area contributed by atoms with Crippen LogP contribution < -0.4 is 5.73 Å². The van der Waals surface area contributed by atoms with Gasteiger partial charge in [-0.05, 0) is 12.8 Å². The molecule has 0 rings (SSSR count). The van der Waals surface area contributed by atoms with Gasteiger partial charge in [0.25, 0.3) is 0 Å². The van der Waals surface area contributed by atoms with Gasteiger partial charge in [0.1, 0.15) is 12.6 Å². The van der Waals surface area contributed by atoms with Crippen LogP contribution in [0.25, 0.3) is 0 Å². The first-order valence-electron chi connectivity index (χ1n) is 4.83. The maximum Gasteiger partial charge on any atom is 0.323 e. The van der Waals surface area contributed by atoms with Crippen LogP contribution in [0.2, 0.25) is 0 Å². The highest BCUT2D eigenvalue weighted by molar-refractivity contribution is 5.75. The molecule has 0 aromatic carbocycles. The number of hydrogen-bond acceptors (Lipinski definition) is 5. The van der Waals surface area contributed by atoms with Gasteiger partial charge in [0.2, 0.25) is 0 Å². The lowest BCUT2D eigenvalue weighted by Crippen LogP contribution is -2.33. The van der Waals surface area contributed by atoms with Gasteiger partial charge in [0, 0.05) is 13.2 Å². The zero-order valence-corrected chi connectivity index (χ0v) is 8.57. The Kier molecular flexibility index (Phi) is 8.51. The molecule has 0 aliphatic carbocycles. The molecule has 0 aliphatic rings. The summed E-state index contributed by atoms with van der Waals surface area (Å²) in [6.45, 7) is 3.18. The average Bonchev–Trinajstić information content (AvgIpc) is 2.17. The van der Waals surface area contributed by atoms with Crippen LogP contribution in [0.5, 0.6) is 0 Å². The first kappa shape index (κ1) is 13.4.